The second-order valence-corrected chi connectivity index (χ2v) is 9.21. The molecule has 0 aliphatic carbocycles. The number of hydrogen-bond donors (Lipinski definition) is 1. The molecule has 1 saturated heterocycles. The van der Waals surface area contributed by atoms with Gasteiger partial charge in [0.1, 0.15) is 16.6 Å². The zero-order valence-electron chi connectivity index (χ0n) is 15.8. The van der Waals surface area contributed by atoms with Crippen LogP contribution in [-0.2, 0) is 14.8 Å². The summed E-state index contributed by atoms with van der Waals surface area (Å²) in [4.78, 5) is 17.4. The highest BCUT2D eigenvalue weighted by Gasteiger charge is 2.42. The van der Waals surface area contributed by atoms with Crippen molar-refractivity contribution in [3.05, 3.63) is 46.9 Å². The lowest BCUT2D eigenvalue weighted by Crippen LogP contribution is -2.43. The molecule has 3 heterocycles. The van der Waals surface area contributed by atoms with Crippen molar-refractivity contribution in [2.45, 2.75) is 37.6 Å². The number of aryl methyl sites for hydroxylation is 2. The van der Waals surface area contributed by atoms with Crippen LogP contribution in [-0.4, -0.2) is 41.4 Å². The average Bonchev–Trinajstić information content (AvgIpc) is 3.29. The van der Waals surface area contributed by atoms with Crippen LogP contribution < -0.4 is 5.32 Å². The van der Waals surface area contributed by atoms with E-state index in [-0.39, 0.29) is 22.9 Å². The standard InChI is InChI=1S/C19H19ClN4O4S/c1-11-18(12(2)28-23-11)29(26,27)24-8-4-6-16(24)19(25)22-15-10-14(20)9-13-5-3-7-21-17(13)15/h3,5,7,9-10,16H,4,6,8H2,1-2H3,(H,22,25)/t16-/m0/s1. The van der Waals surface area contributed by atoms with Gasteiger partial charge in [0, 0.05) is 23.2 Å². The Hall–Kier alpha value is -2.49. The maximum atomic E-state index is 13.2. The number of carbonyl (C=O) groups excluding carboxylic acids is 1. The van der Waals surface area contributed by atoms with E-state index >= 15 is 0 Å². The van der Waals surface area contributed by atoms with Crippen LogP contribution in [0.1, 0.15) is 24.3 Å². The molecule has 0 bridgehead atoms. The lowest BCUT2D eigenvalue weighted by atomic mass is 10.1. The van der Waals surface area contributed by atoms with Crippen LogP contribution in [0.15, 0.2) is 39.9 Å². The van der Waals surface area contributed by atoms with Gasteiger partial charge in [0.2, 0.25) is 15.9 Å². The van der Waals surface area contributed by atoms with E-state index in [1.165, 1.54) is 4.31 Å². The summed E-state index contributed by atoms with van der Waals surface area (Å²) in [5.74, 6) is -0.217. The maximum Gasteiger partial charge on any atom is 0.249 e. The van der Waals surface area contributed by atoms with E-state index in [0.717, 1.165) is 5.39 Å². The number of nitrogens with one attached hydrogen (secondary N) is 1. The first-order chi connectivity index (χ1) is 13.8. The molecule has 1 N–H and O–H groups in total. The molecule has 8 nitrogen and oxygen atoms in total. The summed E-state index contributed by atoms with van der Waals surface area (Å²) in [5, 5.41) is 7.78. The minimum absolute atomic E-state index is 0.0204. The number of anilines is 1. The zero-order chi connectivity index (χ0) is 20.8. The lowest BCUT2D eigenvalue weighted by molar-refractivity contribution is -0.119. The maximum absolute atomic E-state index is 13.2. The Bertz CT molecular complexity index is 1190. The van der Waals surface area contributed by atoms with E-state index in [2.05, 4.69) is 15.5 Å². The Morgan fingerprint density at radius 2 is 2.14 bits per heavy atom. The molecule has 1 aliphatic heterocycles. The first-order valence-corrected chi connectivity index (χ1v) is 10.9. The van der Waals surface area contributed by atoms with E-state index in [1.807, 2.05) is 6.07 Å². The Kier molecular flexibility index (Phi) is 5.05. The van der Waals surface area contributed by atoms with Gasteiger partial charge >= 0.3 is 0 Å². The first kappa shape index (κ1) is 19.8. The molecule has 0 radical (unpaired) electrons. The number of rotatable bonds is 4. The van der Waals surface area contributed by atoms with Gasteiger partial charge in [-0.2, -0.15) is 4.31 Å². The number of benzene rings is 1. The summed E-state index contributed by atoms with van der Waals surface area (Å²) >= 11 is 6.17. The van der Waals surface area contributed by atoms with E-state index in [4.69, 9.17) is 16.1 Å². The van der Waals surface area contributed by atoms with Gasteiger partial charge in [0.15, 0.2) is 5.76 Å². The Morgan fingerprint density at radius 1 is 1.34 bits per heavy atom. The molecule has 0 spiro atoms. The Morgan fingerprint density at radius 3 is 2.86 bits per heavy atom. The van der Waals surface area contributed by atoms with E-state index < -0.39 is 22.0 Å². The van der Waals surface area contributed by atoms with Crippen LogP contribution in [0.5, 0.6) is 0 Å². The van der Waals surface area contributed by atoms with Crippen LogP contribution >= 0.6 is 11.6 Å². The number of sulfonamides is 1. The minimum Gasteiger partial charge on any atom is -0.360 e. The smallest absolute Gasteiger partial charge is 0.249 e. The summed E-state index contributed by atoms with van der Waals surface area (Å²) in [5.41, 5.74) is 1.31. The van der Waals surface area contributed by atoms with E-state index in [0.29, 0.717) is 29.1 Å². The number of fused-ring (bicyclic) bond motifs is 1. The molecule has 3 aromatic rings. The number of nitrogens with zero attached hydrogens (tertiary/aromatic N) is 3. The molecule has 10 heteroatoms. The molecule has 0 unspecified atom stereocenters. The quantitative estimate of drug-likeness (QED) is 0.675. The molecular weight excluding hydrogens is 416 g/mol. The predicted molar refractivity (Wildman–Crippen MR) is 108 cm³/mol. The number of carbonyl (C=O) groups is 1. The summed E-state index contributed by atoms with van der Waals surface area (Å²) in [6.45, 7) is 3.36. The molecule has 1 aromatic carbocycles. The second-order valence-electron chi connectivity index (χ2n) is 6.94. The highest BCUT2D eigenvalue weighted by atomic mass is 35.5. The SMILES string of the molecule is Cc1noc(C)c1S(=O)(=O)N1CCC[C@H]1C(=O)Nc1cc(Cl)cc2cccnc12. The molecular formula is C19H19ClN4O4S. The number of halogens is 1. The first-order valence-electron chi connectivity index (χ1n) is 9.09. The van der Waals surface area contributed by atoms with Crippen LogP contribution in [0.4, 0.5) is 5.69 Å². The van der Waals surface area contributed by atoms with Crippen molar-refractivity contribution in [3.8, 4) is 0 Å². The summed E-state index contributed by atoms with van der Waals surface area (Å²) in [6, 6.07) is 6.14. The fraction of sp³-hybridized carbons (Fsp3) is 0.316. The second kappa shape index (κ2) is 7.40. The van der Waals surface area contributed by atoms with Crippen molar-refractivity contribution in [3.63, 3.8) is 0 Å². The predicted octanol–water partition coefficient (Wildman–Crippen LogP) is 3.28. The van der Waals surface area contributed by atoms with E-state index in [9.17, 15) is 13.2 Å². The Labute approximate surface area is 172 Å². The van der Waals surface area contributed by atoms with Crippen molar-refractivity contribution >= 4 is 44.1 Å². The molecule has 152 valence electrons. The minimum atomic E-state index is -3.92. The topological polar surface area (TPSA) is 105 Å². The number of amides is 1. The average molecular weight is 435 g/mol. The number of pyridine rings is 1. The van der Waals surface area contributed by atoms with Crippen molar-refractivity contribution in [1.29, 1.82) is 0 Å². The van der Waals surface area contributed by atoms with Crippen LogP contribution in [0.25, 0.3) is 10.9 Å². The van der Waals surface area contributed by atoms with E-state index in [1.54, 1.807) is 38.2 Å². The fourth-order valence-corrected chi connectivity index (χ4v) is 5.89. The van der Waals surface area contributed by atoms with Gasteiger partial charge in [0.25, 0.3) is 0 Å². The largest absolute Gasteiger partial charge is 0.360 e. The number of hydrogen-bond acceptors (Lipinski definition) is 6. The molecule has 4 rings (SSSR count). The molecule has 1 atom stereocenters. The highest BCUT2D eigenvalue weighted by Crippen LogP contribution is 2.31. The highest BCUT2D eigenvalue weighted by molar-refractivity contribution is 7.89. The van der Waals surface area contributed by atoms with Gasteiger partial charge < -0.3 is 9.84 Å². The van der Waals surface area contributed by atoms with Gasteiger partial charge in [-0.1, -0.05) is 22.8 Å². The molecule has 2 aromatic heterocycles. The van der Waals surface area contributed by atoms with Gasteiger partial charge in [-0.25, -0.2) is 8.42 Å². The van der Waals surface area contributed by atoms with Gasteiger partial charge in [-0.3, -0.25) is 9.78 Å². The van der Waals surface area contributed by atoms with Crippen molar-refractivity contribution in [2.24, 2.45) is 0 Å². The van der Waals surface area contributed by atoms with Gasteiger partial charge in [0.05, 0.1) is 11.2 Å². The van der Waals surface area contributed by atoms with Gasteiger partial charge in [-0.05, 0) is 44.9 Å². The zero-order valence-corrected chi connectivity index (χ0v) is 17.4. The molecule has 1 fully saturated rings. The van der Waals surface area contributed by atoms with Gasteiger partial charge in [-0.15, -0.1) is 0 Å². The summed E-state index contributed by atoms with van der Waals surface area (Å²) < 4.78 is 32.6. The lowest BCUT2D eigenvalue weighted by Gasteiger charge is -2.23. The van der Waals surface area contributed by atoms with Crippen molar-refractivity contribution < 1.29 is 17.7 Å². The van der Waals surface area contributed by atoms with Crippen molar-refractivity contribution in [1.82, 2.24) is 14.4 Å². The Balaban J connectivity index is 1.66. The van der Waals surface area contributed by atoms with Crippen LogP contribution in [0, 0.1) is 13.8 Å². The molecule has 0 saturated carbocycles. The molecule has 1 amide bonds. The molecule has 1 aliphatic rings. The summed E-state index contributed by atoms with van der Waals surface area (Å²) in [7, 11) is -3.92. The number of aromatic nitrogens is 2. The third-order valence-electron chi connectivity index (χ3n) is 4.97. The third kappa shape index (κ3) is 3.50. The monoisotopic (exact) mass is 434 g/mol. The normalized spacial score (nSPS) is 17.7. The van der Waals surface area contributed by atoms with Crippen molar-refractivity contribution in [2.75, 3.05) is 11.9 Å². The fourth-order valence-electron chi connectivity index (χ4n) is 3.72. The third-order valence-corrected chi connectivity index (χ3v) is 7.34. The van der Waals surface area contributed by atoms with Crippen LogP contribution in [0.3, 0.4) is 0 Å². The van der Waals surface area contributed by atoms with Crippen LogP contribution in [0.2, 0.25) is 5.02 Å². The molecule has 29 heavy (non-hydrogen) atoms. The summed E-state index contributed by atoms with van der Waals surface area (Å²) in [6.07, 6.45) is 2.62.